The van der Waals surface area contributed by atoms with Crippen molar-refractivity contribution in [2.75, 3.05) is 0 Å². The molecule has 1 aliphatic carbocycles. The van der Waals surface area contributed by atoms with Crippen LogP contribution in [0.25, 0.3) is 0 Å². The predicted octanol–water partition coefficient (Wildman–Crippen LogP) is 2.30. The van der Waals surface area contributed by atoms with E-state index >= 15 is 0 Å². The number of carbonyl (C=O) groups excluding carboxylic acids is 2. The molecule has 3 fully saturated rings. The van der Waals surface area contributed by atoms with Gasteiger partial charge in [-0.05, 0) is 31.6 Å². The van der Waals surface area contributed by atoms with Gasteiger partial charge < -0.3 is 19.9 Å². The molecule has 2 bridgehead atoms. The number of nitrogens with zero attached hydrogens (tertiary/aromatic N) is 2. The van der Waals surface area contributed by atoms with Gasteiger partial charge in [0.15, 0.2) is 11.4 Å². The first-order chi connectivity index (χ1) is 15.3. The summed E-state index contributed by atoms with van der Waals surface area (Å²) in [7, 11) is 0. The predicted molar refractivity (Wildman–Crippen MR) is 106 cm³/mol. The number of benzene rings is 1. The quantitative estimate of drug-likeness (QED) is 0.756. The minimum Gasteiger partial charge on any atom is -0.503 e. The fourth-order valence-corrected chi connectivity index (χ4v) is 5.32. The lowest BCUT2D eigenvalue weighted by molar-refractivity contribution is -0.0181. The van der Waals surface area contributed by atoms with Crippen molar-refractivity contribution < 1.29 is 27.9 Å². The summed E-state index contributed by atoms with van der Waals surface area (Å²) < 4.78 is 42.1. The number of carbonyl (C=O) groups is 2. The van der Waals surface area contributed by atoms with Crippen LogP contribution in [0, 0.1) is 23.4 Å². The van der Waals surface area contributed by atoms with Crippen LogP contribution < -0.4 is 10.7 Å². The first-order valence-electron chi connectivity index (χ1n) is 10.5. The van der Waals surface area contributed by atoms with Crippen LogP contribution in [0.15, 0.2) is 23.1 Å². The second-order valence-corrected chi connectivity index (χ2v) is 8.60. The molecule has 4 aliphatic rings. The molecule has 0 spiro atoms. The van der Waals surface area contributed by atoms with Crippen molar-refractivity contribution in [1.82, 2.24) is 14.8 Å². The van der Waals surface area contributed by atoms with Gasteiger partial charge >= 0.3 is 0 Å². The molecule has 7 nitrogen and oxygen atoms in total. The van der Waals surface area contributed by atoms with Gasteiger partial charge in [-0.2, -0.15) is 0 Å². The second-order valence-electron chi connectivity index (χ2n) is 8.60. The van der Waals surface area contributed by atoms with Gasteiger partial charge in [-0.3, -0.25) is 14.4 Å². The molecule has 1 aromatic carbocycles. The molecule has 0 radical (unpaired) electrons. The summed E-state index contributed by atoms with van der Waals surface area (Å²) >= 11 is 0. The SMILES string of the molecule is O=C(NCc1c(F)cc(F)cc1F)c1cn2c(c(O)c1=O)C(=O)N1[C@H]3CC[C@@H](CC3)[C@@H]1C2. The maximum atomic E-state index is 13.8. The number of aromatic nitrogens is 1. The summed E-state index contributed by atoms with van der Waals surface area (Å²) in [5.74, 6) is -5.33. The standard InChI is InChI=1S/C22H20F3N3O4/c23-11-5-15(24)13(16(25)6-11)7-26-21(31)14-8-27-9-17-10-1-3-12(4-2-10)28(17)22(32)18(27)20(30)19(14)29/h5-6,8,10,12,17,30H,1-4,7,9H2,(H,26,31)/t10-,12-,17-/m0/s1. The van der Waals surface area contributed by atoms with E-state index in [1.165, 1.54) is 10.8 Å². The van der Waals surface area contributed by atoms with Crippen molar-refractivity contribution in [1.29, 1.82) is 0 Å². The summed E-state index contributed by atoms with van der Waals surface area (Å²) in [5, 5.41) is 12.7. The molecule has 2 aromatic rings. The van der Waals surface area contributed by atoms with Crippen LogP contribution in [0.4, 0.5) is 13.2 Å². The van der Waals surface area contributed by atoms with E-state index in [-0.39, 0.29) is 17.8 Å². The Morgan fingerprint density at radius 3 is 2.41 bits per heavy atom. The Labute approximate surface area is 180 Å². The molecule has 2 amide bonds. The van der Waals surface area contributed by atoms with Crippen LogP contribution in [-0.4, -0.2) is 38.5 Å². The second kappa shape index (κ2) is 7.39. The molecule has 1 saturated carbocycles. The van der Waals surface area contributed by atoms with E-state index in [9.17, 15) is 32.7 Å². The minimum absolute atomic E-state index is 0.0669. The summed E-state index contributed by atoms with van der Waals surface area (Å²) in [5.41, 5.74) is -2.20. The van der Waals surface area contributed by atoms with E-state index in [1.807, 2.05) is 0 Å². The van der Waals surface area contributed by atoms with Gasteiger partial charge in [-0.25, -0.2) is 13.2 Å². The molecule has 1 aromatic heterocycles. The zero-order chi connectivity index (χ0) is 22.7. The summed E-state index contributed by atoms with van der Waals surface area (Å²) in [6.45, 7) is -0.282. The maximum absolute atomic E-state index is 13.8. The van der Waals surface area contributed by atoms with Crippen LogP contribution >= 0.6 is 0 Å². The van der Waals surface area contributed by atoms with Crippen molar-refractivity contribution in [3.63, 3.8) is 0 Å². The maximum Gasteiger partial charge on any atom is 0.275 e. The topological polar surface area (TPSA) is 91.6 Å². The van der Waals surface area contributed by atoms with Gasteiger partial charge in [-0.1, -0.05) is 0 Å². The normalized spacial score (nSPS) is 23.7. The Kier molecular flexibility index (Phi) is 4.75. The lowest BCUT2D eigenvalue weighted by Crippen LogP contribution is -2.61. The zero-order valence-corrected chi connectivity index (χ0v) is 16.9. The van der Waals surface area contributed by atoms with Crippen molar-refractivity contribution in [2.24, 2.45) is 5.92 Å². The number of nitrogens with one attached hydrogen (secondary N) is 1. The Balaban J connectivity index is 1.45. The number of hydrogen-bond acceptors (Lipinski definition) is 4. The molecule has 3 aliphatic heterocycles. The highest BCUT2D eigenvalue weighted by molar-refractivity contribution is 5.99. The van der Waals surface area contributed by atoms with Gasteiger partial charge in [0.1, 0.15) is 23.0 Å². The number of halogens is 3. The Morgan fingerprint density at radius 1 is 1.09 bits per heavy atom. The molecule has 4 heterocycles. The van der Waals surface area contributed by atoms with E-state index in [2.05, 4.69) is 5.32 Å². The molecular weight excluding hydrogens is 427 g/mol. The highest BCUT2D eigenvalue weighted by atomic mass is 19.1. The summed E-state index contributed by atoms with van der Waals surface area (Å²) in [6.07, 6.45) is 5.01. The molecule has 2 saturated heterocycles. The highest BCUT2D eigenvalue weighted by Gasteiger charge is 2.48. The van der Waals surface area contributed by atoms with E-state index in [0.717, 1.165) is 25.7 Å². The van der Waals surface area contributed by atoms with Crippen LogP contribution in [-0.2, 0) is 13.1 Å². The average Bonchev–Trinajstić information content (AvgIpc) is 2.75. The first-order valence-corrected chi connectivity index (χ1v) is 10.5. The van der Waals surface area contributed by atoms with Crippen molar-refractivity contribution >= 4 is 11.8 Å². The molecule has 32 heavy (non-hydrogen) atoms. The fraction of sp³-hybridized carbons (Fsp3) is 0.409. The number of aromatic hydroxyl groups is 1. The van der Waals surface area contributed by atoms with Crippen LogP contribution in [0.2, 0.25) is 0 Å². The smallest absolute Gasteiger partial charge is 0.275 e. The van der Waals surface area contributed by atoms with Crippen molar-refractivity contribution in [2.45, 2.75) is 50.9 Å². The van der Waals surface area contributed by atoms with Crippen LogP contribution in [0.3, 0.4) is 0 Å². The average molecular weight is 447 g/mol. The molecule has 0 unspecified atom stereocenters. The van der Waals surface area contributed by atoms with E-state index in [1.54, 1.807) is 4.90 Å². The Bertz CT molecular complexity index is 1180. The highest BCUT2D eigenvalue weighted by Crippen LogP contribution is 2.43. The Hall–Kier alpha value is -3.30. The third-order valence-corrected chi connectivity index (χ3v) is 6.89. The largest absolute Gasteiger partial charge is 0.503 e. The lowest BCUT2D eigenvalue weighted by Gasteiger charge is -2.53. The van der Waals surface area contributed by atoms with Gasteiger partial charge in [-0.15, -0.1) is 0 Å². The number of hydrogen-bond donors (Lipinski definition) is 2. The monoisotopic (exact) mass is 447 g/mol. The van der Waals surface area contributed by atoms with Crippen molar-refractivity contribution in [3.8, 4) is 5.75 Å². The van der Waals surface area contributed by atoms with Gasteiger partial charge in [0, 0.05) is 43.0 Å². The molecular formula is C22H20F3N3O4. The number of pyridine rings is 1. The van der Waals surface area contributed by atoms with Gasteiger partial charge in [0.2, 0.25) is 5.43 Å². The molecule has 1 atom stereocenters. The van der Waals surface area contributed by atoms with E-state index < -0.39 is 58.1 Å². The zero-order valence-electron chi connectivity index (χ0n) is 16.9. The number of fused-ring (bicyclic) bond motifs is 3. The van der Waals surface area contributed by atoms with Crippen molar-refractivity contribution in [3.05, 3.63) is 62.8 Å². The molecule has 168 valence electrons. The summed E-state index contributed by atoms with van der Waals surface area (Å²) in [4.78, 5) is 40.1. The van der Waals surface area contributed by atoms with Crippen LogP contribution in [0.5, 0.6) is 5.75 Å². The molecule has 2 N–H and O–H groups in total. The Morgan fingerprint density at radius 2 is 1.75 bits per heavy atom. The van der Waals surface area contributed by atoms with E-state index in [4.69, 9.17) is 0 Å². The number of amides is 2. The van der Waals surface area contributed by atoms with Gasteiger partial charge in [0.05, 0.1) is 6.04 Å². The lowest BCUT2D eigenvalue weighted by atomic mass is 9.73. The molecule has 10 heteroatoms. The third kappa shape index (κ3) is 3.08. The minimum atomic E-state index is -1.18. The molecule has 6 rings (SSSR count). The number of piperidine rings is 2. The first kappa shape index (κ1) is 20.6. The third-order valence-electron chi connectivity index (χ3n) is 6.89. The van der Waals surface area contributed by atoms with Crippen LogP contribution in [0.1, 0.15) is 52.1 Å². The van der Waals surface area contributed by atoms with E-state index in [0.29, 0.717) is 24.6 Å². The fourth-order valence-electron chi connectivity index (χ4n) is 5.32. The summed E-state index contributed by atoms with van der Waals surface area (Å²) in [6, 6.07) is 0.991. The number of rotatable bonds is 3. The van der Waals surface area contributed by atoms with Gasteiger partial charge in [0.25, 0.3) is 11.8 Å².